The fourth-order valence-corrected chi connectivity index (χ4v) is 3.71. The molecule has 2 heterocycles. The van der Waals surface area contributed by atoms with Crippen LogP contribution >= 0.6 is 0 Å². The summed E-state index contributed by atoms with van der Waals surface area (Å²) >= 11 is 0. The molecule has 2 atom stereocenters. The number of rotatable bonds is 6. The van der Waals surface area contributed by atoms with Crippen molar-refractivity contribution in [3.63, 3.8) is 0 Å². The van der Waals surface area contributed by atoms with E-state index in [4.69, 9.17) is 5.73 Å². The summed E-state index contributed by atoms with van der Waals surface area (Å²) in [6.07, 6.45) is -3.14. The first-order valence-electron chi connectivity index (χ1n) is 10.2. The molecule has 34 heavy (non-hydrogen) atoms. The Labute approximate surface area is 192 Å². The van der Waals surface area contributed by atoms with Crippen molar-refractivity contribution in [2.45, 2.75) is 44.6 Å². The Morgan fingerprint density at radius 3 is 2.65 bits per heavy atom. The number of benzene rings is 1. The molecule has 1 aliphatic rings. The van der Waals surface area contributed by atoms with Crippen LogP contribution in [0.1, 0.15) is 36.3 Å². The minimum absolute atomic E-state index is 0.104. The highest BCUT2D eigenvalue weighted by Gasteiger charge is 2.39. The Balaban J connectivity index is 2.21. The summed E-state index contributed by atoms with van der Waals surface area (Å²) in [5.74, 6) is -1.25. The third-order valence-corrected chi connectivity index (χ3v) is 5.41. The molecule has 0 unspecified atom stereocenters. The van der Waals surface area contributed by atoms with Crippen LogP contribution in [0.15, 0.2) is 30.5 Å². The molecule has 1 amide bonds. The molecule has 0 spiro atoms. The number of nitrogens with one attached hydrogen (secondary N) is 1. The topological polar surface area (TPSA) is 104 Å². The number of aromatic nitrogens is 1. The minimum Gasteiger partial charge on any atom is -0.435 e. The Morgan fingerprint density at radius 2 is 2.09 bits per heavy atom. The van der Waals surface area contributed by atoms with Gasteiger partial charge in [0.05, 0.1) is 11.3 Å². The Bertz CT molecular complexity index is 1110. The van der Waals surface area contributed by atoms with E-state index in [-0.39, 0.29) is 40.4 Å². The highest BCUT2D eigenvalue weighted by Crippen LogP contribution is 2.40. The number of halogens is 5. The number of nitrogens with two attached hydrogens (primary N) is 1. The quantitative estimate of drug-likeness (QED) is 0.606. The molecule has 12 heteroatoms. The molecule has 1 saturated heterocycles. The Morgan fingerprint density at radius 1 is 1.38 bits per heavy atom. The molecule has 1 aromatic heterocycles. The number of alkyl halides is 5. The summed E-state index contributed by atoms with van der Waals surface area (Å²) in [5, 5.41) is 11.6. The number of nitriles is 1. The van der Waals surface area contributed by atoms with Crippen LogP contribution in [-0.2, 0) is 0 Å². The second-order valence-electron chi connectivity index (χ2n) is 8.32. The zero-order valence-electron chi connectivity index (χ0n) is 18.3. The first kappa shape index (κ1) is 25.2. The van der Waals surface area contributed by atoms with Crippen molar-refractivity contribution in [1.82, 2.24) is 10.3 Å². The molecular weight excluding hydrogens is 461 g/mol. The summed E-state index contributed by atoms with van der Waals surface area (Å²) in [4.78, 5) is 18.6. The van der Waals surface area contributed by atoms with Crippen LogP contribution in [-0.4, -0.2) is 48.3 Å². The van der Waals surface area contributed by atoms with Gasteiger partial charge < -0.3 is 20.7 Å². The van der Waals surface area contributed by atoms with E-state index in [0.717, 1.165) is 13.1 Å². The van der Waals surface area contributed by atoms with Crippen molar-refractivity contribution in [1.29, 1.82) is 5.26 Å². The molecule has 1 fully saturated rings. The van der Waals surface area contributed by atoms with Crippen molar-refractivity contribution in [3.05, 3.63) is 41.7 Å². The van der Waals surface area contributed by atoms with Gasteiger partial charge in [-0.2, -0.15) is 27.2 Å². The lowest BCUT2D eigenvalue weighted by Gasteiger charge is -2.27. The van der Waals surface area contributed by atoms with Gasteiger partial charge in [-0.3, -0.25) is 4.79 Å². The number of ether oxygens (including phenoxy) is 1. The van der Waals surface area contributed by atoms with Gasteiger partial charge in [0.2, 0.25) is 0 Å². The fraction of sp³-hybridized carbons (Fsp3) is 0.409. The van der Waals surface area contributed by atoms with Gasteiger partial charge >= 0.3 is 12.8 Å². The van der Waals surface area contributed by atoms with Gasteiger partial charge in [0.25, 0.3) is 5.91 Å². The number of hydrogen-bond donors (Lipinski definition) is 2. The summed E-state index contributed by atoms with van der Waals surface area (Å²) in [6.45, 7) is 0.0598. The predicted octanol–water partition coefficient (Wildman–Crippen LogP) is 3.83. The van der Waals surface area contributed by atoms with E-state index in [0.29, 0.717) is 13.0 Å². The van der Waals surface area contributed by atoms with E-state index in [1.165, 1.54) is 24.3 Å². The molecule has 0 aliphatic carbocycles. The third kappa shape index (κ3) is 5.53. The standard InChI is InChI=1S/C22H22F5N5O2/c1-12(22(25,26)27)31-19(33)15-10-30-16(9-28)17(18(15)32-7-6-21(2,29)11-32)13-4-3-5-14(8-13)34-20(23)24/h3-5,8,10,12,20H,6-7,11,29H2,1-2H3,(H,31,33)/t12-,21-/m0/s1. The number of hydrogen-bond acceptors (Lipinski definition) is 6. The van der Waals surface area contributed by atoms with Gasteiger partial charge in [0, 0.05) is 30.4 Å². The van der Waals surface area contributed by atoms with Crippen molar-refractivity contribution < 1.29 is 31.5 Å². The minimum atomic E-state index is -4.68. The highest BCUT2D eigenvalue weighted by molar-refractivity contribution is 6.04. The smallest absolute Gasteiger partial charge is 0.408 e. The first-order chi connectivity index (χ1) is 15.8. The maximum Gasteiger partial charge on any atom is 0.408 e. The summed E-state index contributed by atoms with van der Waals surface area (Å²) in [6, 6.07) is 5.18. The van der Waals surface area contributed by atoms with Gasteiger partial charge in [0.1, 0.15) is 23.6 Å². The molecular formula is C22H22F5N5O2. The van der Waals surface area contributed by atoms with Crippen LogP contribution in [0.3, 0.4) is 0 Å². The number of carbonyl (C=O) groups excluding carboxylic acids is 1. The average molecular weight is 483 g/mol. The number of amides is 1. The van der Waals surface area contributed by atoms with Crippen LogP contribution in [0.2, 0.25) is 0 Å². The molecule has 0 saturated carbocycles. The Hall–Kier alpha value is -3.46. The van der Waals surface area contributed by atoms with Crippen LogP contribution in [0.25, 0.3) is 11.1 Å². The molecule has 1 aromatic carbocycles. The molecule has 3 N–H and O–H groups in total. The zero-order valence-corrected chi connectivity index (χ0v) is 18.3. The van der Waals surface area contributed by atoms with Crippen LogP contribution in [0.4, 0.5) is 27.6 Å². The number of anilines is 1. The van der Waals surface area contributed by atoms with E-state index < -0.39 is 30.3 Å². The molecule has 2 aromatic rings. The summed E-state index contributed by atoms with van der Waals surface area (Å²) < 4.78 is 69.1. The van der Waals surface area contributed by atoms with E-state index in [9.17, 15) is 32.0 Å². The monoisotopic (exact) mass is 483 g/mol. The number of nitrogens with zero attached hydrogens (tertiary/aromatic N) is 3. The zero-order chi connectivity index (χ0) is 25.3. The molecule has 0 radical (unpaired) electrons. The van der Waals surface area contributed by atoms with Crippen molar-refractivity contribution in [2.75, 3.05) is 18.0 Å². The van der Waals surface area contributed by atoms with E-state index in [2.05, 4.69) is 9.72 Å². The molecule has 3 rings (SSSR count). The maximum atomic E-state index is 13.1. The lowest BCUT2D eigenvalue weighted by atomic mass is 9.97. The largest absolute Gasteiger partial charge is 0.435 e. The van der Waals surface area contributed by atoms with Crippen molar-refractivity contribution in [2.24, 2.45) is 5.73 Å². The first-order valence-corrected chi connectivity index (χ1v) is 10.2. The van der Waals surface area contributed by atoms with Crippen LogP contribution in [0.5, 0.6) is 5.75 Å². The average Bonchev–Trinajstić information content (AvgIpc) is 3.10. The predicted molar refractivity (Wildman–Crippen MR) is 113 cm³/mol. The second kappa shape index (κ2) is 9.42. The SMILES string of the molecule is C[C@H](NC(=O)c1cnc(C#N)c(-c2cccc(OC(F)F)c2)c1N1CC[C@](C)(N)C1)C(F)(F)F. The van der Waals surface area contributed by atoms with Gasteiger partial charge in [-0.15, -0.1) is 0 Å². The number of carbonyl (C=O) groups is 1. The molecule has 7 nitrogen and oxygen atoms in total. The van der Waals surface area contributed by atoms with Gasteiger partial charge in [0.15, 0.2) is 0 Å². The lowest BCUT2D eigenvalue weighted by Crippen LogP contribution is -2.44. The van der Waals surface area contributed by atoms with E-state index >= 15 is 0 Å². The van der Waals surface area contributed by atoms with E-state index in [1.54, 1.807) is 11.8 Å². The van der Waals surface area contributed by atoms with Crippen molar-refractivity contribution in [3.8, 4) is 22.9 Å². The van der Waals surface area contributed by atoms with E-state index in [1.807, 2.05) is 11.4 Å². The fourth-order valence-electron chi connectivity index (χ4n) is 3.71. The van der Waals surface area contributed by atoms with Crippen LogP contribution in [0, 0.1) is 11.3 Å². The Kier molecular flexibility index (Phi) is 6.97. The highest BCUT2D eigenvalue weighted by atomic mass is 19.4. The third-order valence-electron chi connectivity index (χ3n) is 5.41. The lowest BCUT2D eigenvalue weighted by molar-refractivity contribution is -0.149. The molecule has 1 aliphatic heterocycles. The van der Waals surface area contributed by atoms with Gasteiger partial charge in [-0.1, -0.05) is 12.1 Å². The van der Waals surface area contributed by atoms with Gasteiger partial charge in [-0.05, 0) is 38.0 Å². The summed E-state index contributed by atoms with van der Waals surface area (Å²) in [7, 11) is 0. The molecule has 0 bridgehead atoms. The summed E-state index contributed by atoms with van der Waals surface area (Å²) in [5.41, 5.74) is 5.69. The second-order valence-corrected chi connectivity index (χ2v) is 8.32. The molecule has 182 valence electrons. The maximum absolute atomic E-state index is 13.1. The van der Waals surface area contributed by atoms with Crippen molar-refractivity contribution >= 4 is 11.6 Å². The van der Waals surface area contributed by atoms with Gasteiger partial charge in [-0.25, -0.2) is 4.98 Å². The number of pyridine rings is 1. The normalized spacial score (nSPS) is 19.1. The van der Waals surface area contributed by atoms with Crippen LogP contribution < -0.4 is 20.7 Å².